The molecular formula is C18H21N3O3. The van der Waals surface area contributed by atoms with Crippen LogP contribution in [0.3, 0.4) is 0 Å². The van der Waals surface area contributed by atoms with Crippen LogP contribution in [0.5, 0.6) is 5.75 Å². The summed E-state index contributed by atoms with van der Waals surface area (Å²) in [6, 6.07) is 11.0. The number of hydrogen-bond donors (Lipinski definition) is 1. The van der Waals surface area contributed by atoms with Crippen LogP contribution in [0.15, 0.2) is 42.6 Å². The number of ether oxygens (including phenoxy) is 2. The van der Waals surface area contributed by atoms with E-state index in [9.17, 15) is 4.79 Å². The van der Waals surface area contributed by atoms with Crippen molar-refractivity contribution < 1.29 is 14.3 Å². The van der Waals surface area contributed by atoms with Gasteiger partial charge < -0.3 is 19.7 Å². The van der Waals surface area contributed by atoms with Crippen LogP contribution in [0.1, 0.15) is 17.3 Å². The lowest BCUT2D eigenvalue weighted by atomic mass is 10.2. The van der Waals surface area contributed by atoms with Gasteiger partial charge in [-0.1, -0.05) is 12.1 Å². The Kier molecular flexibility index (Phi) is 5.28. The fourth-order valence-corrected chi connectivity index (χ4v) is 2.55. The van der Waals surface area contributed by atoms with Gasteiger partial charge in [0.25, 0.3) is 5.91 Å². The smallest absolute Gasteiger partial charge is 0.257 e. The third-order valence-corrected chi connectivity index (χ3v) is 3.78. The molecule has 0 spiro atoms. The fourth-order valence-electron chi connectivity index (χ4n) is 2.55. The molecule has 1 aliphatic heterocycles. The highest BCUT2D eigenvalue weighted by atomic mass is 16.5. The second-order valence-electron chi connectivity index (χ2n) is 5.39. The zero-order valence-corrected chi connectivity index (χ0v) is 13.7. The van der Waals surface area contributed by atoms with Crippen LogP contribution in [-0.2, 0) is 4.74 Å². The number of nitrogens with one attached hydrogen (secondary N) is 1. The minimum atomic E-state index is -0.205. The molecule has 1 aromatic heterocycles. The first-order valence-corrected chi connectivity index (χ1v) is 8.10. The van der Waals surface area contributed by atoms with E-state index in [1.54, 1.807) is 12.3 Å². The molecule has 2 heterocycles. The maximum Gasteiger partial charge on any atom is 0.257 e. The molecular weight excluding hydrogens is 306 g/mol. The first-order valence-electron chi connectivity index (χ1n) is 8.10. The van der Waals surface area contributed by atoms with Gasteiger partial charge in [0.15, 0.2) is 0 Å². The molecule has 126 valence electrons. The Morgan fingerprint density at radius 3 is 2.75 bits per heavy atom. The summed E-state index contributed by atoms with van der Waals surface area (Å²) in [6.45, 7) is 5.51. The largest absolute Gasteiger partial charge is 0.492 e. The molecule has 1 N–H and O–H groups in total. The molecule has 24 heavy (non-hydrogen) atoms. The fraction of sp³-hybridized carbons (Fsp3) is 0.333. The monoisotopic (exact) mass is 327 g/mol. The van der Waals surface area contributed by atoms with E-state index >= 15 is 0 Å². The molecule has 0 saturated carbocycles. The molecule has 6 nitrogen and oxygen atoms in total. The van der Waals surface area contributed by atoms with Gasteiger partial charge in [-0.25, -0.2) is 4.98 Å². The average molecular weight is 327 g/mol. The van der Waals surface area contributed by atoms with E-state index in [1.165, 1.54) is 0 Å². The summed E-state index contributed by atoms with van der Waals surface area (Å²) >= 11 is 0. The van der Waals surface area contributed by atoms with E-state index in [-0.39, 0.29) is 5.91 Å². The van der Waals surface area contributed by atoms with E-state index in [0.29, 0.717) is 36.8 Å². The lowest BCUT2D eigenvalue weighted by Gasteiger charge is -2.27. The van der Waals surface area contributed by atoms with E-state index in [4.69, 9.17) is 9.47 Å². The molecule has 1 aromatic carbocycles. The highest BCUT2D eigenvalue weighted by molar-refractivity contribution is 6.04. The summed E-state index contributed by atoms with van der Waals surface area (Å²) in [4.78, 5) is 19.0. The molecule has 1 amide bonds. The van der Waals surface area contributed by atoms with E-state index in [2.05, 4.69) is 15.2 Å². The van der Waals surface area contributed by atoms with Gasteiger partial charge in [0.2, 0.25) is 0 Å². The molecule has 0 bridgehead atoms. The topological polar surface area (TPSA) is 63.7 Å². The standard InChI is InChI=1S/C18H21N3O3/c1-2-24-16-6-4-3-5-15(16)20-18(22)14-7-8-17(19-13-14)21-9-11-23-12-10-21/h3-8,13H,2,9-12H2,1H3,(H,20,22). The van der Waals surface area contributed by atoms with Crippen LogP contribution in [0.2, 0.25) is 0 Å². The van der Waals surface area contributed by atoms with Crippen molar-refractivity contribution in [2.24, 2.45) is 0 Å². The molecule has 1 fully saturated rings. The number of carbonyl (C=O) groups excluding carboxylic acids is 1. The lowest BCUT2D eigenvalue weighted by Crippen LogP contribution is -2.36. The highest BCUT2D eigenvalue weighted by Crippen LogP contribution is 2.24. The number of benzene rings is 1. The van der Waals surface area contributed by atoms with Crippen molar-refractivity contribution in [3.05, 3.63) is 48.2 Å². The quantitative estimate of drug-likeness (QED) is 0.914. The Labute approximate surface area is 141 Å². The van der Waals surface area contributed by atoms with Gasteiger partial charge in [0, 0.05) is 19.3 Å². The van der Waals surface area contributed by atoms with Gasteiger partial charge in [0.05, 0.1) is 31.1 Å². The number of hydrogen-bond acceptors (Lipinski definition) is 5. The molecule has 0 unspecified atom stereocenters. The Hall–Kier alpha value is -2.60. The third kappa shape index (κ3) is 3.83. The number of para-hydroxylation sites is 2. The first-order chi connectivity index (χ1) is 11.8. The van der Waals surface area contributed by atoms with Crippen LogP contribution in [0.25, 0.3) is 0 Å². The van der Waals surface area contributed by atoms with Gasteiger partial charge >= 0.3 is 0 Å². The normalized spacial score (nSPS) is 14.3. The second-order valence-corrected chi connectivity index (χ2v) is 5.39. The summed E-state index contributed by atoms with van der Waals surface area (Å²) in [5.41, 5.74) is 1.17. The zero-order chi connectivity index (χ0) is 16.8. The van der Waals surface area contributed by atoms with Crippen molar-refractivity contribution in [3.8, 4) is 5.75 Å². The zero-order valence-electron chi connectivity index (χ0n) is 13.7. The minimum Gasteiger partial charge on any atom is -0.492 e. The summed E-state index contributed by atoms with van der Waals surface area (Å²) in [5, 5.41) is 2.87. The van der Waals surface area contributed by atoms with Crippen molar-refractivity contribution in [1.82, 2.24) is 4.98 Å². The van der Waals surface area contributed by atoms with Crippen molar-refractivity contribution in [3.63, 3.8) is 0 Å². The summed E-state index contributed by atoms with van der Waals surface area (Å²) in [7, 11) is 0. The Balaban J connectivity index is 1.69. The average Bonchev–Trinajstić information content (AvgIpc) is 2.64. The maximum absolute atomic E-state index is 12.4. The Morgan fingerprint density at radius 1 is 1.25 bits per heavy atom. The number of morpholine rings is 1. The van der Waals surface area contributed by atoms with Gasteiger partial charge in [0.1, 0.15) is 11.6 Å². The van der Waals surface area contributed by atoms with E-state index in [1.807, 2.05) is 37.3 Å². The van der Waals surface area contributed by atoms with Gasteiger partial charge in [-0.15, -0.1) is 0 Å². The van der Waals surface area contributed by atoms with Gasteiger partial charge in [-0.3, -0.25) is 4.79 Å². The molecule has 1 aliphatic rings. The molecule has 0 atom stereocenters. The third-order valence-electron chi connectivity index (χ3n) is 3.78. The number of amides is 1. The predicted molar refractivity (Wildman–Crippen MR) is 92.8 cm³/mol. The van der Waals surface area contributed by atoms with Crippen LogP contribution in [-0.4, -0.2) is 43.8 Å². The maximum atomic E-state index is 12.4. The number of pyridine rings is 1. The van der Waals surface area contributed by atoms with Crippen LogP contribution in [0.4, 0.5) is 11.5 Å². The molecule has 6 heteroatoms. The number of rotatable bonds is 5. The van der Waals surface area contributed by atoms with Crippen LogP contribution >= 0.6 is 0 Å². The number of nitrogens with zero attached hydrogens (tertiary/aromatic N) is 2. The van der Waals surface area contributed by atoms with Crippen molar-refractivity contribution in [1.29, 1.82) is 0 Å². The van der Waals surface area contributed by atoms with Crippen LogP contribution in [0, 0.1) is 0 Å². The second kappa shape index (κ2) is 7.79. The molecule has 0 aliphatic carbocycles. The van der Waals surface area contributed by atoms with Crippen molar-refractivity contribution in [2.45, 2.75) is 6.92 Å². The summed E-state index contributed by atoms with van der Waals surface area (Å²) < 4.78 is 10.9. The van der Waals surface area contributed by atoms with Crippen LogP contribution < -0.4 is 15.0 Å². The lowest BCUT2D eigenvalue weighted by molar-refractivity contribution is 0.102. The highest BCUT2D eigenvalue weighted by Gasteiger charge is 2.14. The minimum absolute atomic E-state index is 0.205. The number of anilines is 2. The van der Waals surface area contributed by atoms with Crippen molar-refractivity contribution in [2.75, 3.05) is 43.1 Å². The summed E-state index contributed by atoms with van der Waals surface area (Å²) in [6.07, 6.45) is 1.60. The van der Waals surface area contributed by atoms with Gasteiger partial charge in [-0.2, -0.15) is 0 Å². The van der Waals surface area contributed by atoms with Gasteiger partial charge in [-0.05, 0) is 31.2 Å². The first kappa shape index (κ1) is 16.3. The number of carbonyl (C=O) groups is 1. The van der Waals surface area contributed by atoms with Crippen molar-refractivity contribution >= 4 is 17.4 Å². The SMILES string of the molecule is CCOc1ccccc1NC(=O)c1ccc(N2CCOCC2)nc1. The predicted octanol–water partition coefficient (Wildman–Crippen LogP) is 2.57. The molecule has 3 rings (SSSR count). The summed E-state index contributed by atoms with van der Waals surface area (Å²) in [5.74, 6) is 1.32. The van der Waals surface area contributed by atoms with E-state index in [0.717, 1.165) is 18.9 Å². The molecule has 0 radical (unpaired) electrons. The number of aromatic nitrogens is 1. The molecule has 1 saturated heterocycles. The van der Waals surface area contributed by atoms with E-state index < -0.39 is 0 Å². The Bertz CT molecular complexity index is 682. The molecule has 2 aromatic rings. The Morgan fingerprint density at radius 2 is 2.04 bits per heavy atom.